The maximum atomic E-state index is 10.6. The Balaban J connectivity index is 0. The van der Waals surface area contributed by atoms with Crippen LogP contribution < -0.4 is 0 Å². The first-order valence-electron chi connectivity index (χ1n) is 4.76. The van der Waals surface area contributed by atoms with Crippen LogP contribution >= 0.6 is 0 Å². The summed E-state index contributed by atoms with van der Waals surface area (Å²) in [6, 6.07) is 0. The first-order chi connectivity index (χ1) is 8.08. The van der Waals surface area contributed by atoms with Crippen LogP contribution in [0.25, 0.3) is 10.4 Å². The van der Waals surface area contributed by atoms with Crippen molar-refractivity contribution in [2.45, 2.75) is 25.7 Å². The molecule has 0 aromatic heterocycles. The van der Waals surface area contributed by atoms with Gasteiger partial charge in [-0.15, -0.1) is 0 Å². The average molecular weight is 249 g/mol. The van der Waals surface area contributed by atoms with Gasteiger partial charge in [0.05, 0.1) is 13.2 Å². The molecule has 0 bridgehead atoms. The number of hydrogen-bond acceptors (Lipinski definition) is 6. The Kier molecular flexibility index (Phi) is 14.6. The van der Waals surface area contributed by atoms with E-state index in [0.717, 1.165) is 0 Å². The Morgan fingerprint density at radius 3 is 2.12 bits per heavy atom. The molecule has 3 N–H and O–H groups in total. The van der Waals surface area contributed by atoms with Gasteiger partial charge in [-0.2, -0.15) is 0 Å². The van der Waals surface area contributed by atoms with Gasteiger partial charge in [-0.05, 0) is 18.4 Å². The second-order valence-corrected chi connectivity index (χ2v) is 2.68. The molecule has 0 saturated heterocycles. The predicted molar refractivity (Wildman–Crippen MR) is 55.5 cm³/mol. The van der Waals surface area contributed by atoms with Crippen molar-refractivity contribution in [2.24, 2.45) is 5.28 Å². The number of aliphatic hydroxyl groups is 2. The van der Waals surface area contributed by atoms with Crippen molar-refractivity contribution in [3.05, 3.63) is 10.4 Å². The number of carbonyl (C=O) groups is 2. The van der Waals surface area contributed by atoms with Crippen molar-refractivity contribution in [1.82, 2.24) is 0 Å². The molecule has 0 fully saturated rings. The molecule has 9 nitrogen and oxygen atoms in total. The third kappa shape index (κ3) is 20.3. The van der Waals surface area contributed by atoms with Gasteiger partial charge in [0.15, 0.2) is 0 Å². The van der Waals surface area contributed by atoms with Gasteiger partial charge in [0.25, 0.3) is 0 Å². The van der Waals surface area contributed by atoms with Crippen molar-refractivity contribution >= 4 is 11.9 Å². The van der Waals surface area contributed by atoms with E-state index in [0.29, 0.717) is 12.8 Å². The van der Waals surface area contributed by atoms with E-state index in [1.807, 2.05) is 0 Å². The number of carboxylic acid groups (broad SMARTS) is 1. The van der Waals surface area contributed by atoms with E-state index < -0.39 is 11.9 Å². The lowest BCUT2D eigenvalue weighted by molar-refractivity contribution is -0.144. The van der Waals surface area contributed by atoms with Gasteiger partial charge < -0.3 is 20.2 Å². The first-order valence-corrected chi connectivity index (χ1v) is 4.76. The van der Waals surface area contributed by atoms with Gasteiger partial charge in [0, 0.05) is 17.8 Å². The van der Waals surface area contributed by atoms with E-state index in [2.05, 4.69) is 15.0 Å². The molecule has 0 aliphatic rings. The molecule has 0 aliphatic carbocycles. The molecular weight excluding hydrogens is 234 g/mol. The number of nitrogens with zero attached hydrogens (tertiary/aromatic N) is 3. The quantitative estimate of drug-likeness (QED) is 0.195. The van der Waals surface area contributed by atoms with Crippen molar-refractivity contribution in [2.75, 3.05) is 13.2 Å². The molecule has 17 heavy (non-hydrogen) atoms. The standard InChI is InChI=1S/C6H9N3O4.C2H6O2/c7-8-9-13-6(12)4-2-1-3-5(10)11;3-1-2-4/h1-4H2,(H,10,11);3-4H,1-2H2. The van der Waals surface area contributed by atoms with Crippen molar-refractivity contribution in [1.29, 1.82) is 0 Å². The highest BCUT2D eigenvalue weighted by atomic mass is 16.7. The summed E-state index contributed by atoms with van der Waals surface area (Å²) in [6.45, 7) is -0.250. The maximum Gasteiger partial charge on any atom is 0.317 e. The van der Waals surface area contributed by atoms with Crippen LogP contribution in [0.15, 0.2) is 5.28 Å². The number of rotatable bonds is 7. The number of hydrogen-bond donors (Lipinski definition) is 3. The normalized spacial score (nSPS) is 8.35. The minimum absolute atomic E-state index is 0.0226. The Hall–Kier alpha value is -1.83. The van der Waals surface area contributed by atoms with Crippen LogP contribution in [0.3, 0.4) is 0 Å². The lowest BCUT2D eigenvalue weighted by Crippen LogP contribution is -2.00. The fourth-order valence-corrected chi connectivity index (χ4v) is 0.655. The van der Waals surface area contributed by atoms with E-state index in [-0.39, 0.29) is 26.1 Å². The average Bonchev–Trinajstić information content (AvgIpc) is 2.32. The second-order valence-electron chi connectivity index (χ2n) is 2.68. The highest BCUT2D eigenvalue weighted by Gasteiger charge is 2.02. The van der Waals surface area contributed by atoms with E-state index >= 15 is 0 Å². The smallest absolute Gasteiger partial charge is 0.317 e. The lowest BCUT2D eigenvalue weighted by Gasteiger charge is -1.95. The highest BCUT2D eigenvalue weighted by Crippen LogP contribution is 2.01. The zero-order valence-electron chi connectivity index (χ0n) is 9.15. The molecule has 0 atom stereocenters. The molecule has 0 aromatic rings. The summed E-state index contributed by atoms with van der Waals surface area (Å²) < 4.78 is 0. The fraction of sp³-hybridized carbons (Fsp3) is 0.750. The first kappa shape index (κ1) is 17.6. The predicted octanol–water partition coefficient (Wildman–Crippen LogP) is 0.371. The summed E-state index contributed by atoms with van der Waals surface area (Å²) in [7, 11) is 0. The molecule has 0 amide bonds. The number of carboxylic acids is 1. The van der Waals surface area contributed by atoms with Gasteiger partial charge in [-0.3, -0.25) is 9.59 Å². The molecule has 0 radical (unpaired) electrons. The number of aliphatic hydroxyl groups excluding tert-OH is 2. The molecular formula is C8H15N3O6. The second kappa shape index (κ2) is 14.2. The number of aliphatic carboxylic acids is 1. The third-order valence-corrected chi connectivity index (χ3v) is 1.30. The molecule has 0 rings (SSSR count). The minimum atomic E-state index is -0.900. The Morgan fingerprint density at radius 2 is 1.71 bits per heavy atom. The monoisotopic (exact) mass is 249 g/mol. The van der Waals surface area contributed by atoms with Crippen molar-refractivity contribution < 1.29 is 29.7 Å². The van der Waals surface area contributed by atoms with Crippen LogP contribution in [-0.4, -0.2) is 40.5 Å². The summed E-state index contributed by atoms with van der Waals surface area (Å²) >= 11 is 0. The van der Waals surface area contributed by atoms with E-state index in [9.17, 15) is 9.59 Å². The molecule has 0 aliphatic heterocycles. The minimum Gasteiger partial charge on any atom is -0.481 e. The SMILES string of the molecule is OCCO.[N-]=[N+]=NOC(=O)CCCCC(=O)O. The zero-order valence-corrected chi connectivity index (χ0v) is 9.15. The number of unbranched alkanes of at least 4 members (excludes halogenated alkanes) is 1. The zero-order chi connectivity index (χ0) is 13.5. The Morgan fingerprint density at radius 1 is 1.18 bits per heavy atom. The third-order valence-electron chi connectivity index (χ3n) is 1.30. The summed E-state index contributed by atoms with van der Waals surface area (Å²) in [4.78, 5) is 26.9. The van der Waals surface area contributed by atoms with Crippen LogP contribution in [0.2, 0.25) is 0 Å². The molecule has 9 heteroatoms. The Labute approximate surface area is 97.2 Å². The van der Waals surface area contributed by atoms with Crippen LogP contribution in [0.5, 0.6) is 0 Å². The summed E-state index contributed by atoms with van der Waals surface area (Å²) in [5.74, 6) is -1.55. The summed E-state index contributed by atoms with van der Waals surface area (Å²) in [5, 5.41) is 26.1. The van der Waals surface area contributed by atoms with Gasteiger partial charge in [-0.25, -0.2) is 0 Å². The van der Waals surface area contributed by atoms with Crippen LogP contribution in [0, 0.1) is 0 Å². The van der Waals surface area contributed by atoms with E-state index in [4.69, 9.17) is 20.9 Å². The Bertz CT molecular complexity index is 262. The van der Waals surface area contributed by atoms with Crippen molar-refractivity contribution in [3.63, 3.8) is 0 Å². The van der Waals surface area contributed by atoms with Crippen LogP contribution in [-0.2, 0) is 14.4 Å². The summed E-state index contributed by atoms with van der Waals surface area (Å²) in [5.41, 5.74) is 7.76. The summed E-state index contributed by atoms with van der Waals surface area (Å²) in [6.07, 6.45) is 0.897. The topological polar surface area (TPSA) is 153 Å². The highest BCUT2D eigenvalue weighted by molar-refractivity contribution is 5.69. The van der Waals surface area contributed by atoms with Crippen molar-refractivity contribution in [3.8, 4) is 0 Å². The molecule has 0 unspecified atom stereocenters. The van der Waals surface area contributed by atoms with E-state index in [1.165, 1.54) is 0 Å². The molecule has 0 heterocycles. The number of carbonyl (C=O) groups excluding carboxylic acids is 1. The van der Waals surface area contributed by atoms with Gasteiger partial charge in [0.1, 0.15) is 5.28 Å². The number of azide groups is 1. The van der Waals surface area contributed by atoms with Crippen LogP contribution in [0.4, 0.5) is 0 Å². The molecule has 0 spiro atoms. The largest absolute Gasteiger partial charge is 0.481 e. The van der Waals surface area contributed by atoms with E-state index in [1.54, 1.807) is 0 Å². The molecule has 0 aromatic carbocycles. The molecule has 0 saturated carbocycles. The fourth-order valence-electron chi connectivity index (χ4n) is 0.655. The maximum absolute atomic E-state index is 10.6. The lowest BCUT2D eigenvalue weighted by atomic mass is 10.2. The van der Waals surface area contributed by atoms with Gasteiger partial charge >= 0.3 is 11.9 Å². The molecule has 98 valence electrons. The van der Waals surface area contributed by atoms with Gasteiger partial charge in [0.2, 0.25) is 0 Å². The van der Waals surface area contributed by atoms with Crippen LogP contribution in [0.1, 0.15) is 25.7 Å². The van der Waals surface area contributed by atoms with Gasteiger partial charge in [-0.1, -0.05) is 0 Å².